The summed E-state index contributed by atoms with van der Waals surface area (Å²) in [6, 6.07) is 0. The summed E-state index contributed by atoms with van der Waals surface area (Å²) in [7, 11) is 0. The summed E-state index contributed by atoms with van der Waals surface area (Å²) in [6.45, 7) is 2.34. The Bertz CT molecular complexity index is 550. The summed E-state index contributed by atoms with van der Waals surface area (Å²) in [5.41, 5.74) is 1.62. The Morgan fingerprint density at radius 3 is 3.06 bits per heavy atom. The number of H-pyrrole nitrogens is 1. The zero-order chi connectivity index (χ0) is 11.5. The van der Waals surface area contributed by atoms with Gasteiger partial charge in [0.15, 0.2) is 0 Å². The van der Waals surface area contributed by atoms with Crippen molar-refractivity contribution < 1.29 is 0 Å². The lowest BCUT2D eigenvalue weighted by Gasteiger charge is -2.07. The molecule has 0 aliphatic carbocycles. The third kappa shape index (κ3) is 2.40. The lowest BCUT2D eigenvalue weighted by atomic mass is 10.3. The zero-order valence-corrected chi connectivity index (χ0v) is 10.0. The van der Waals surface area contributed by atoms with Gasteiger partial charge in [0.1, 0.15) is 17.3 Å². The van der Waals surface area contributed by atoms with Crippen LogP contribution in [0.4, 0.5) is 5.82 Å². The quantitative estimate of drug-likeness (QED) is 0.822. The second-order valence-electron chi connectivity index (χ2n) is 3.17. The molecule has 2 N–H and O–H groups in total. The first-order chi connectivity index (χ1) is 7.66. The first kappa shape index (κ1) is 11.1. The van der Waals surface area contributed by atoms with Crippen molar-refractivity contribution >= 4 is 28.8 Å². The van der Waals surface area contributed by atoms with Crippen LogP contribution in [0.3, 0.4) is 0 Å². The molecule has 0 atom stereocenters. The van der Waals surface area contributed by atoms with E-state index in [1.807, 2.05) is 6.92 Å². The molecule has 0 aromatic carbocycles. The van der Waals surface area contributed by atoms with Crippen molar-refractivity contribution in [1.29, 1.82) is 0 Å². The highest BCUT2D eigenvalue weighted by Crippen LogP contribution is 2.18. The van der Waals surface area contributed by atoms with E-state index in [0.29, 0.717) is 17.5 Å². The summed E-state index contributed by atoms with van der Waals surface area (Å²) >= 11 is 6.99. The molecule has 2 aromatic rings. The normalized spacial score (nSPS) is 10.4. The highest BCUT2D eigenvalue weighted by molar-refractivity contribution is 7.07. The molecule has 0 spiro atoms. The monoisotopic (exact) mass is 256 g/mol. The highest BCUT2D eigenvalue weighted by Gasteiger charge is 2.04. The van der Waals surface area contributed by atoms with Crippen LogP contribution >= 0.6 is 22.9 Å². The second-order valence-corrected chi connectivity index (χ2v) is 4.37. The van der Waals surface area contributed by atoms with Gasteiger partial charge in [0.2, 0.25) is 0 Å². The van der Waals surface area contributed by atoms with E-state index in [9.17, 15) is 4.79 Å². The van der Waals surface area contributed by atoms with Gasteiger partial charge >= 0.3 is 4.87 Å². The van der Waals surface area contributed by atoms with Crippen molar-refractivity contribution in [3.8, 4) is 0 Å². The number of nitrogens with zero attached hydrogens (tertiary/aromatic N) is 2. The third-order valence-corrected chi connectivity index (χ3v) is 3.14. The fourth-order valence-corrected chi connectivity index (χ4v) is 1.90. The molecule has 0 aliphatic heterocycles. The van der Waals surface area contributed by atoms with Gasteiger partial charge in [0.25, 0.3) is 0 Å². The van der Waals surface area contributed by atoms with E-state index in [-0.39, 0.29) is 4.87 Å². The number of aromatic amines is 1. The Morgan fingerprint density at radius 1 is 1.56 bits per heavy atom. The molecular formula is C9H9ClN4OS. The average molecular weight is 257 g/mol. The van der Waals surface area contributed by atoms with Crippen LogP contribution in [0, 0.1) is 6.92 Å². The number of halogens is 1. The Labute approximate surface area is 101 Å². The molecule has 0 bridgehead atoms. The maximum absolute atomic E-state index is 10.9. The molecule has 84 valence electrons. The minimum Gasteiger partial charge on any atom is -0.364 e. The van der Waals surface area contributed by atoms with E-state index in [1.165, 1.54) is 6.33 Å². The van der Waals surface area contributed by atoms with Crippen molar-refractivity contribution in [2.45, 2.75) is 13.5 Å². The second kappa shape index (κ2) is 4.63. The number of hydrogen-bond acceptors (Lipinski definition) is 5. The third-order valence-electron chi connectivity index (χ3n) is 2.04. The van der Waals surface area contributed by atoms with E-state index in [4.69, 9.17) is 11.6 Å². The van der Waals surface area contributed by atoms with Gasteiger partial charge in [-0.1, -0.05) is 22.9 Å². The minimum absolute atomic E-state index is 0.0609. The van der Waals surface area contributed by atoms with Crippen molar-refractivity contribution in [2.75, 3.05) is 5.32 Å². The summed E-state index contributed by atoms with van der Waals surface area (Å²) in [4.78, 5) is 21.5. The molecule has 5 nitrogen and oxygen atoms in total. The molecule has 0 aliphatic rings. The van der Waals surface area contributed by atoms with Crippen LogP contribution in [0.15, 0.2) is 16.5 Å². The lowest BCUT2D eigenvalue weighted by Crippen LogP contribution is -2.06. The summed E-state index contributed by atoms with van der Waals surface area (Å²) in [5.74, 6) is 0.673. The van der Waals surface area contributed by atoms with Gasteiger partial charge in [0, 0.05) is 16.6 Å². The molecule has 0 amide bonds. The number of thiazole rings is 1. The first-order valence-electron chi connectivity index (χ1n) is 4.54. The number of aromatic nitrogens is 3. The van der Waals surface area contributed by atoms with Crippen molar-refractivity contribution in [3.05, 3.63) is 37.8 Å². The van der Waals surface area contributed by atoms with Gasteiger partial charge in [-0.2, -0.15) is 0 Å². The average Bonchev–Trinajstić information content (AvgIpc) is 2.67. The first-order valence-corrected chi connectivity index (χ1v) is 5.80. The van der Waals surface area contributed by atoms with Gasteiger partial charge in [-0.15, -0.1) is 0 Å². The predicted molar refractivity (Wildman–Crippen MR) is 64.0 cm³/mol. The highest BCUT2D eigenvalue weighted by atomic mass is 35.5. The number of hydrogen-bond donors (Lipinski definition) is 2. The topological polar surface area (TPSA) is 70.7 Å². The summed E-state index contributed by atoms with van der Waals surface area (Å²) < 4.78 is 0. The molecule has 16 heavy (non-hydrogen) atoms. The molecule has 2 heterocycles. The van der Waals surface area contributed by atoms with Crippen LogP contribution in [0.1, 0.15) is 11.3 Å². The SMILES string of the molecule is Cc1c(Cl)ncnc1NCc1csc(=O)[nH]1. The van der Waals surface area contributed by atoms with Crippen LogP contribution in [0.25, 0.3) is 0 Å². The van der Waals surface area contributed by atoms with Gasteiger partial charge in [-0.05, 0) is 6.92 Å². The standard InChI is InChI=1S/C9H9ClN4OS/c1-5-7(10)12-4-13-8(5)11-2-6-3-16-9(15)14-6/h3-4H,2H2,1H3,(H,14,15)(H,11,12,13). The molecule has 0 saturated heterocycles. The molecular weight excluding hydrogens is 248 g/mol. The number of nitrogens with one attached hydrogen (secondary N) is 2. The lowest BCUT2D eigenvalue weighted by molar-refractivity contribution is 1.02. The van der Waals surface area contributed by atoms with Gasteiger partial charge < -0.3 is 10.3 Å². The zero-order valence-electron chi connectivity index (χ0n) is 8.45. The molecule has 0 radical (unpaired) electrons. The maximum atomic E-state index is 10.9. The molecule has 0 unspecified atom stereocenters. The number of anilines is 1. The van der Waals surface area contributed by atoms with Crippen molar-refractivity contribution in [3.63, 3.8) is 0 Å². The molecule has 7 heteroatoms. The Kier molecular flexibility index (Phi) is 3.21. The number of rotatable bonds is 3. The Hall–Kier alpha value is -1.40. The van der Waals surface area contributed by atoms with E-state index in [0.717, 1.165) is 22.6 Å². The van der Waals surface area contributed by atoms with E-state index in [1.54, 1.807) is 5.38 Å². The minimum atomic E-state index is -0.0609. The Balaban J connectivity index is 2.10. The molecule has 0 fully saturated rings. The van der Waals surface area contributed by atoms with Crippen LogP contribution < -0.4 is 10.2 Å². The molecule has 2 rings (SSSR count). The van der Waals surface area contributed by atoms with Gasteiger partial charge in [-0.3, -0.25) is 4.79 Å². The van der Waals surface area contributed by atoms with Gasteiger partial charge in [-0.25, -0.2) is 9.97 Å². The van der Waals surface area contributed by atoms with Crippen molar-refractivity contribution in [1.82, 2.24) is 15.0 Å². The predicted octanol–water partition coefficient (Wildman–Crippen LogP) is 1.80. The van der Waals surface area contributed by atoms with Crippen LogP contribution in [-0.4, -0.2) is 15.0 Å². The van der Waals surface area contributed by atoms with E-state index < -0.39 is 0 Å². The maximum Gasteiger partial charge on any atom is 0.304 e. The van der Waals surface area contributed by atoms with E-state index in [2.05, 4.69) is 20.3 Å². The smallest absolute Gasteiger partial charge is 0.304 e. The summed E-state index contributed by atoms with van der Waals surface area (Å²) in [5, 5.41) is 5.28. The van der Waals surface area contributed by atoms with Gasteiger partial charge in [0.05, 0.1) is 6.54 Å². The van der Waals surface area contributed by atoms with Crippen LogP contribution in [0.2, 0.25) is 5.15 Å². The van der Waals surface area contributed by atoms with Crippen LogP contribution in [-0.2, 0) is 6.54 Å². The Morgan fingerprint density at radius 2 is 2.38 bits per heavy atom. The summed E-state index contributed by atoms with van der Waals surface area (Å²) in [6.07, 6.45) is 1.40. The fourth-order valence-electron chi connectivity index (χ4n) is 1.19. The molecule has 2 aromatic heterocycles. The van der Waals surface area contributed by atoms with Crippen LogP contribution in [0.5, 0.6) is 0 Å². The van der Waals surface area contributed by atoms with E-state index >= 15 is 0 Å². The molecule has 0 saturated carbocycles. The van der Waals surface area contributed by atoms with Crippen molar-refractivity contribution in [2.24, 2.45) is 0 Å². The fraction of sp³-hybridized carbons (Fsp3) is 0.222. The largest absolute Gasteiger partial charge is 0.364 e.